The number of carbonyl (C=O) groups is 1. The zero-order chi connectivity index (χ0) is 21.8. The van der Waals surface area contributed by atoms with Gasteiger partial charge in [0.05, 0.1) is 11.1 Å². The number of nitrogens with zero attached hydrogens (tertiary/aromatic N) is 4. The second-order valence-corrected chi connectivity index (χ2v) is 7.51. The Balaban J connectivity index is 1.68. The third-order valence-corrected chi connectivity index (χ3v) is 5.00. The van der Waals surface area contributed by atoms with Gasteiger partial charge in [-0.15, -0.1) is 0 Å². The number of nitro benzene ring substituents is 1. The van der Waals surface area contributed by atoms with Gasteiger partial charge < -0.3 is 0 Å². The molecule has 0 atom stereocenters. The number of nitro groups is 1. The van der Waals surface area contributed by atoms with Crippen LogP contribution in [0.25, 0.3) is 6.08 Å². The van der Waals surface area contributed by atoms with E-state index in [-0.39, 0.29) is 17.3 Å². The van der Waals surface area contributed by atoms with Gasteiger partial charge in [0.15, 0.2) is 5.84 Å². The number of hydrazone groups is 1. The van der Waals surface area contributed by atoms with Crippen molar-refractivity contribution in [2.45, 2.75) is 0 Å². The van der Waals surface area contributed by atoms with Crippen LogP contribution >= 0.6 is 15.9 Å². The van der Waals surface area contributed by atoms with Crippen molar-refractivity contribution in [1.82, 2.24) is 5.01 Å². The normalized spacial score (nSPS) is 15.0. The summed E-state index contributed by atoms with van der Waals surface area (Å²) in [6, 6.07) is 22.7. The van der Waals surface area contributed by atoms with Crippen molar-refractivity contribution in [3.8, 4) is 0 Å². The van der Waals surface area contributed by atoms with E-state index in [9.17, 15) is 14.9 Å². The van der Waals surface area contributed by atoms with Crippen molar-refractivity contribution in [1.29, 1.82) is 0 Å². The lowest BCUT2D eigenvalue weighted by atomic mass is 10.2. The Bertz CT molecular complexity index is 1220. The first-order chi connectivity index (χ1) is 15.0. The zero-order valence-electron chi connectivity index (χ0n) is 16.1. The lowest BCUT2D eigenvalue weighted by Crippen LogP contribution is -2.27. The molecule has 3 aromatic rings. The van der Waals surface area contributed by atoms with Crippen molar-refractivity contribution in [3.05, 3.63) is 116 Å². The maximum Gasteiger partial charge on any atom is 0.298 e. The predicted molar refractivity (Wildman–Crippen MR) is 123 cm³/mol. The maximum atomic E-state index is 13.1. The van der Waals surface area contributed by atoms with Crippen LogP contribution in [0.1, 0.15) is 16.7 Å². The summed E-state index contributed by atoms with van der Waals surface area (Å²) in [7, 11) is 0. The highest BCUT2D eigenvalue weighted by molar-refractivity contribution is 9.10. The summed E-state index contributed by atoms with van der Waals surface area (Å²) in [5.41, 5.74) is 2.46. The van der Waals surface area contributed by atoms with Gasteiger partial charge in [0.1, 0.15) is 5.70 Å². The van der Waals surface area contributed by atoms with Gasteiger partial charge in [-0.1, -0.05) is 58.4 Å². The topological polar surface area (TPSA) is 88.2 Å². The monoisotopic (exact) mass is 474 g/mol. The third-order valence-electron chi connectivity index (χ3n) is 4.47. The third kappa shape index (κ3) is 4.65. The smallest absolute Gasteiger partial charge is 0.265 e. The number of amidine groups is 1. The molecule has 31 heavy (non-hydrogen) atoms. The van der Waals surface area contributed by atoms with E-state index < -0.39 is 4.92 Å². The number of amides is 1. The average Bonchev–Trinajstić information content (AvgIpc) is 3.10. The largest absolute Gasteiger partial charge is 0.298 e. The molecule has 0 N–H and O–H groups in total. The Morgan fingerprint density at radius 1 is 0.935 bits per heavy atom. The van der Waals surface area contributed by atoms with Gasteiger partial charge in [-0.05, 0) is 41.5 Å². The number of halogens is 1. The SMILES string of the molecule is O=C1/C(=C\c2ccc(Br)cc2)N=C(c2ccccc2)N1/N=C/c1ccc([N+](=O)[O-])cc1. The molecule has 7 nitrogen and oxygen atoms in total. The molecule has 0 spiro atoms. The summed E-state index contributed by atoms with van der Waals surface area (Å²) in [5, 5.41) is 16.4. The molecule has 0 saturated heterocycles. The maximum absolute atomic E-state index is 13.1. The first kappa shape index (κ1) is 20.4. The molecule has 0 bridgehead atoms. The Hall–Kier alpha value is -3.91. The molecule has 0 radical (unpaired) electrons. The van der Waals surface area contributed by atoms with Crippen LogP contribution in [0.15, 0.2) is 99.1 Å². The Morgan fingerprint density at radius 3 is 2.23 bits per heavy atom. The van der Waals surface area contributed by atoms with Crippen molar-refractivity contribution in [3.63, 3.8) is 0 Å². The van der Waals surface area contributed by atoms with Gasteiger partial charge in [-0.2, -0.15) is 10.1 Å². The van der Waals surface area contributed by atoms with Crippen LogP contribution < -0.4 is 0 Å². The highest BCUT2D eigenvalue weighted by Crippen LogP contribution is 2.23. The summed E-state index contributed by atoms with van der Waals surface area (Å²) in [4.78, 5) is 27.9. The summed E-state index contributed by atoms with van der Waals surface area (Å²) in [5.74, 6) is 0.0482. The lowest BCUT2D eigenvalue weighted by molar-refractivity contribution is -0.384. The minimum atomic E-state index is -0.468. The van der Waals surface area contributed by atoms with E-state index in [2.05, 4.69) is 26.0 Å². The molecule has 1 aliphatic heterocycles. The van der Waals surface area contributed by atoms with Gasteiger partial charge in [0.25, 0.3) is 11.6 Å². The molecular formula is C23H15BrN4O3. The van der Waals surface area contributed by atoms with E-state index in [1.807, 2.05) is 54.6 Å². The first-order valence-corrected chi connectivity index (χ1v) is 10.0. The number of aliphatic imine (C=N–C) groups is 1. The molecule has 0 unspecified atom stereocenters. The summed E-state index contributed by atoms with van der Waals surface area (Å²) >= 11 is 3.39. The van der Waals surface area contributed by atoms with Gasteiger partial charge in [-0.3, -0.25) is 14.9 Å². The second-order valence-electron chi connectivity index (χ2n) is 6.59. The fraction of sp³-hybridized carbons (Fsp3) is 0. The molecule has 3 aromatic carbocycles. The fourth-order valence-corrected chi connectivity index (χ4v) is 3.18. The number of hydrogen-bond donors (Lipinski definition) is 0. The van der Waals surface area contributed by atoms with Crippen molar-refractivity contribution >= 4 is 45.7 Å². The number of rotatable bonds is 5. The predicted octanol–water partition coefficient (Wildman–Crippen LogP) is 5.02. The van der Waals surface area contributed by atoms with E-state index >= 15 is 0 Å². The molecule has 0 aliphatic carbocycles. The molecule has 1 heterocycles. The molecular weight excluding hydrogens is 460 g/mol. The Labute approximate surface area is 186 Å². The number of non-ortho nitro benzene ring substituents is 1. The van der Waals surface area contributed by atoms with Crippen LogP contribution in [0.3, 0.4) is 0 Å². The number of benzene rings is 3. The van der Waals surface area contributed by atoms with E-state index in [0.29, 0.717) is 11.4 Å². The molecule has 1 aliphatic rings. The Kier molecular flexibility index (Phi) is 5.81. The summed E-state index contributed by atoms with van der Waals surface area (Å²) in [6.07, 6.45) is 3.18. The molecule has 0 fully saturated rings. The van der Waals surface area contributed by atoms with Crippen LogP contribution in [0.4, 0.5) is 5.69 Å². The van der Waals surface area contributed by atoms with Gasteiger partial charge >= 0.3 is 0 Å². The van der Waals surface area contributed by atoms with Gasteiger partial charge in [-0.25, -0.2) is 4.99 Å². The van der Waals surface area contributed by atoms with E-state index in [1.165, 1.54) is 23.4 Å². The lowest BCUT2D eigenvalue weighted by Gasteiger charge is -2.11. The Morgan fingerprint density at radius 2 is 1.58 bits per heavy atom. The molecule has 0 saturated carbocycles. The highest BCUT2D eigenvalue weighted by Gasteiger charge is 2.31. The van der Waals surface area contributed by atoms with Crippen LogP contribution in [-0.4, -0.2) is 27.9 Å². The van der Waals surface area contributed by atoms with Crippen molar-refractivity contribution in [2.24, 2.45) is 10.1 Å². The zero-order valence-corrected chi connectivity index (χ0v) is 17.6. The van der Waals surface area contributed by atoms with Crippen molar-refractivity contribution < 1.29 is 9.72 Å². The summed E-state index contributed by atoms with van der Waals surface area (Å²) < 4.78 is 0.940. The first-order valence-electron chi connectivity index (χ1n) is 9.25. The van der Waals surface area contributed by atoms with Crippen LogP contribution in [-0.2, 0) is 4.79 Å². The molecule has 8 heteroatoms. The molecule has 4 rings (SSSR count). The van der Waals surface area contributed by atoms with E-state index in [4.69, 9.17) is 0 Å². The molecule has 152 valence electrons. The molecule has 1 amide bonds. The quantitative estimate of drug-likeness (QED) is 0.225. The van der Waals surface area contributed by atoms with Gasteiger partial charge in [0.2, 0.25) is 0 Å². The van der Waals surface area contributed by atoms with Gasteiger partial charge in [0, 0.05) is 22.2 Å². The summed E-state index contributed by atoms with van der Waals surface area (Å²) in [6.45, 7) is 0. The van der Waals surface area contributed by atoms with E-state index in [1.54, 1.807) is 18.2 Å². The minimum Gasteiger partial charge on any atom is -0.265 e. The van der Waals surface area contributed by atoms with Crippen LogP contribution in [0.2, 0.25) is 0 Å². The second kappa shape index (κ2) is 8.85. The van der Waals surface area contributed by atoms with Crippen LogP contribution in [0, 0.1) is 10.1 Å². The van der Waals surface area contributed by atoms with Crippen LogP contribution in [0.5, 0.6) is 0 Å². The average molecular weight is 475 g/mol. The standard InChI is InChI=1S/C23H15BrN4O3/c24-19-10-6-16(7-11-19)14-21-23(29)27(22(26-21)18-4-2-1-3-5-18)25-15-17-8-12-20(13-9-17)28(30)31/h1-15H/b21-14+,25-15+. The minimum absolute atomic E-state index is 0.0133. The fourth-order valence-electron chi connectivity index (χ4n) is 2.91. The number of carbonyl (C=O) groups excluding carboxylic acids is 1. The highest BCUT2D eigenvalue weighted by atomic mass is 79.9. The number of hydrogen-bond acceptors (Lipinski definition) is 5. The van der Waals surface area contributed by atoms with E-state index in [0.717, 1.165) is 15.6 Å². The van der Waals surface area contributed by atoms with Crippen molar-refractivity contribution in [2.75, 3.05) is 0 Å². The molecule has 0 aromatic heterocycles.